The van der Waals surface area contributed by atoms with Crippen LogP contribution >= 0.6 is 0 Å². The highest BCUT2D eigenvalue weighted by atomic mass is 16.7. The van der Waals surface area contributed by atoms with E-state index < -0.39 is 0 Å². The number of rotatable bonds is 4. The molecule has 12 N–H and O–H groups in total. The molecule has 1 aliphatic rings. The molecule has 0 radical (unpaired) electrons. The monoisotopic (exact) mass is 680 g/mol. The summed E-state index contributed by atoms with van der Waals surface area (Å²) in [6.07, 6.45) is 0. The van der Waals surface area contributed by atoms with Crippen molar-refractivity contribution >= 4 is 40.1 Å². The smallest absolute Gasteiger partial charge is 0.203 e. The van der Waals surface area contributed by atoms with Crippen molar-refractivity contribution in [3.63, 3.8) is 0 Å². The molecule has 0 spiro atoms. The Morgan fingerprint density at radius 3 is 1.06 bits per heavy atom. The topological polar surface area (TPSA) is 288 Å². The summed E-state index contributed by atoms with van der Waals surface area (Å²) in [6, 6.07) is 38.2. The maximum atomic E-state index is 8.36. The van der Waals surface area contributed by atoms with Crippen LogP contribution in [-0.2, 0) is 0 Å². The Labute approximate surface area is 291 Å². The Balaban J connectivity index is 0.000000179. The van der Waals surface area contributed by atoms with Crippen LogP contribution in [0.15, 0.2) is 132 Å². The van der Waals surface area contributed by atoms with E-state index in [1.165, 1.54) is 0 Å². The largest absolute Gasteiger partial charge is 0.399 e. The van der Waals surface area contributed by atoms with Gasteiger partial charge in [-0.25, -0.2) is 0 Å². The second-order valence-electron chi connectivity index (χ2n) is 10.4. The SMILES string of the molecule is N#Cc1cccc(N)c1.Nc1cccc(-c2nnc(-c3cccc(N)c3)nn2)c1.Nc1cccc(C2=NNC(c3cccc(N)c3)=NN2)c1.O=O. The number of hydrogen-bond donors (Lipinski definition) is 7. The number of nitrogens with one attached hydrogen (secondary N) is 2. The highest BCUT2D eigenvalue weighted by Gasteiger charge is 2.12. The molecule has 0 unspecified atom stereocenters. The Bertz CT molecular complexity index is 2060. The summed E-state index contributed by atoms with van der Waals surface area (Å²) in [5.41, 5.74) is 41.3. The Morgan fingerprint density at radius 2 is 0.765 bits per heavy atom. The molecular formula is C35H32N14O2. The molecule has 16 heteroatoms. The normalized spacial score (nSPS) is 11.0. The van der Waals surface area contributed by atoms with Crippen molar-refractivity contribution in [2.45, 2.75) is 0 Å². The van der Waals surface area contributed by atoms with Crippen LogP contribution in [0.3, 0.4) is 0 Å². The number of nitriles is 1. The summed E-state index contributed by atoms with van der Waals surface area (Å²) >= 11 is 0. The maximum absolute atomic E-state index is 8.36. The lowest BCUT2D eigenvalue weighted by atomic mass is 10.2. The number of nitrogens with two attached hydrogens (primary N) is 5. The van der Waals surface area contributed by atoms with Gasteiger partial charge in [0.15, 0.2) is 11.7 Å². The predicted octanol–water partition coefficient (Wildman–Crippen LogP) is 4.04. The van der Waals surface area contributed by atoms with E-state index in [4.69, 9.17) is 43.9 Å². The molecule has 7 rings (SSSR count). The van der Waals surface area contributed by atoms with Gasteiger partial charge in [-0.3, -0.25) is 10.9 Å². The molecule has 0 saturated carbocycles. The molecule has 6 aromatic rings. The van der Waals surface area contributed by atoms with Gasteiger partial charge < -0.3 is 28.7 Å². The number of benzene rings is 5. The first-order chi connectivity index (χ1) is 24.8. The molecule has 0 saturated heterocycles. The van der Waals surface area contributed by atoms with Crippen molar-refractivity contribution in [2.24, 2.45) is 10.2 Å². The van der Waals surface area contributed by atoms with Gasteiger partial charge in [-0.15, -0.1) is 20.4 Å². The van der Waals surface area contributed by atoms with Crippen LogP contribution in [0.25, 0.3) is 22.8 Å². The van der Waals surface area contributed by atoms with E-state index in [2.05, 4.69) is 41.4 Å². The molecule has 0 aliphatic carbocycles. The van der Waals surface area contributed by atoms with Crippen LogP contribution in [0.4, 0.5) is 28.4 Å². The van der Waals surface area contributed by atoms with Crippen molar-refractivity contribution in [1.82, 2.24) is 31.2 Å². The van der Waals surface area contributed by atoms with Gasteiger partial charge in [0.25, 0.3) is 0 Å². The molecule has 2 heterocycles. The molecule has 0 amide bonds. The van der Waals surface area contributed by atoms with Crippen LogP contribution in [-0.4, -0.2) is 32.1 Å². The second-order valence-corrected chi connectivity index (χ2v) is 10.4. The number of amidine groups is 2. The third-order valence-corrected chi connectivity index (χ3v) is 6.65. The molecule has 1 aromatic heterocycles. The maximum Gasteiger partial charge on any atom is 0.203 e. The summed E-state index contributed by atoms with van der Waals surface area (Å²) in [5.74, 6) is 2.10. The first kappa shape index (κ1) is 35.9. The summed E-state index contributed by atoms with van der Waals surface area (Å²) in [6.45, 7) is 0. The molecule has 5 aromatic carbocycles. The Hall–Kier alpha value is -7.93. The predicted molar refractivity (Wildman–Crippen MR) is 201 cm³/mol. The minimum absolute atomic E-state index is 0.435. The van der Waals surface area contributed by atoms with Crippen LogP contribution < -0.4 is 39.5 Å². The minimum Gasteiger partial charge on any atom is -0.399 e. The molecule has 51 heavy (non-hydrogen) atoms. The first-order valence-corrected chi connectivity index (χ1v) is 14.9. The number of aromatic nitrogens is 4. The standard InChI is InChI=1S/C14H14N6.C14H12N6.C7H6N2.O2/c2*15-11-5-1-3-9(7-11)13-17-19-14(20-18-13)10-4-2-6-12(16)8-10;8-5-6-2-1-3-7(9)4-6;1-2/h1-8H,15-16H2,(H,17,18)(H,19,20);1-8H,15-16H2;1-4H,9H2;. The van der Waals surface area contributed by atoms with Gasteiger partial charge in [-0.1, -0.05) is 54.6 Å². The number of nitrogen functional groups attached to an aromatic ring is 5. The fourth-order valence-corrected chi connectivity index (χ4v) is 4.32. The summed E-state index contributed by atoms with van der Waals surface area (Å²) < 4.78 is 0. The molecule has 0 bridgehead atoms. The van der Waals surface area contributed by atoms with Crippen LogP contribution in [0.5, 0.6) is 0 Å². The lowest BCUT2D eigenvalue weighted by molar-refractivity contribution is 0.876. The van der Waals surface area contributed by atoms with Gasteiger partial charge in [-0.2, -0.15) is 15.5 Å². The highest BCUT2D eigenvalue weighted by molar-refractivity contribution is 6.06. The molecular weight excluding hydrogens is 648 g/mol. The van der Waals surface area contributed by atoms with Crippen molar-refractivity contribution in [3.8, 4) is 28.8 Å². The fourth-order valence-electron chi connectivity index (χ4n) is 4.32. The van der Waals surface area contributed by atoms with Crippen LogP contribution in [0.2, 0.25) is 0 Å². The lowest BCUT2D eigenvalue weighted by Crippen LogP contribution is -2.34. The van der Waals surface area contributed by atoms with Crippen LogP contribution in [0.1, 0.15) is 16.7 Å². The van der Waals surface area contributed by atoms with Gasteiger partial charge in [0, 0.05) is 60.6 Å². The lowest BCUT2D eigenvalue weighted by Gasteiger charge is -2.15. The van der Waals surface area contributed by atoms with E-state index in [0.717, 1.165) is 22.3 Å². The van der Waals surface area contributed by atoms with E-state index in [1.807, 2.05) is 78.9 Å². The van der Waals surface area contributed by atoms with Crippen molar-refractivity contribution < 1.29 is 0 Å². The van der Waals surface area contributed by atoms with E-state index >= 15 is 0 Å². The third-order valence-electron chi connectivity index (χ3n) is 6.65. The summed E-state index contributed by atoms with van der Waals surface area (Å²) in [7, 11) is 0. The molecule has 0 atom stereocenters. The average Bonchev–Trinajstić information content (AvgIpc) is 3.16. The molecule has 16 nitrogen and oxygen atoms in total. The summed E-state index contributed by atoms with van der Waals surface area (Å²) in [4.78, 5) is 14.0. The van der Waals surface area contributed by atoms with Gasteiger partial charge >= 0.3 is 0 Å². The van der Waals surface area contributed by atoms with Crippen molar-refractivity contribution in [2.75, 3.05) is 28.7 Å². The highest BCUT2D eigenvalue weighted by Crippen LogP contribution is 2.19. The van der Waals surface area contributed by atoms with E-state index in [9.17, 15) is 0 Å². The zero-order valence-electron chi connectivity index (χ0n) is 26.9. The molecule has 1 aliphatic heterocycles. The number of nitrogens with zero attached hydrogens (tertiary/aromatic N) is 7. The van der Waals surface area contributed by atoms with Gasteiger partial charge in [0.2, 0.25) is 11.6 Å². The quantitative estimate of drug-likeness (QED) is 0.129. The van der Waals surface area contributed by atoms with Crippen molar-refractivity contribution in [3.05, 3.63) is 148 Å². The fraction of sp³-hybridized carbons (Fsp3) is 0. The summed E-state index contributed by atoms with van der Waals surface area (Å²) in [5, 5.41) is 33.2. The van der Waals surface area contributed by atoms with Crippen molar-refractivity contribution in [1.29, 1.82) is 5.26 Å². The van der Waals surface area contributed by atoms with Gasteiger partial charge in [0.1, 0.15) is 0 Å². The molecule has 254 valence electrons. The number of hydrogen-bond acceptors (Lipinski definition) is 16. The third kappa shape index (κ3) is 10.5. The zero-order valence-corrected chi connectivity index (χ0v) is 26.9. The van der Waals surface area contributed by atoms with Gasteiger partial charge in [0.05, 0.1) is 11.6 Å². The Morgan fingerprint density at radius 1 is 0.451 bits per heavy atom. The minimum atomic E-state index is 0.435. The van der Waals surface area contributed by atoms with E-state index in [-0.39, 0.29) is 0 Å². The van der Waals surface area contributed by atoms with E-state index in [1.54, 1.807) is 48.5 Å². The second kappa shape index (κ2) is 17.8. The average molecular weight is 681 g/mol. The molecule has 0 fully saturated rings. The van der Waals surface area contributed by atoms with Gasteiger partial charge in [-0.05, 0) is 66.7 Å². The van der Waals surface area contributed by atoms with Crippen LogP contribution in [0, 0.1) is 21.3 Å². The zero-order chi connectivity index (χ0) is 36.6. The van der Waals surface area contributed by atoms with E-state index in [0.29, 0.717) is 57.3 Å². The number of hydrazone groups is 2. The Kier molecular flexibility index (Phi) is 12.6. The first-order valence-electron chi connectivity index (χ1n) is 14.9. The number of anilines is 5.